The molecule has 2 saturated carbocycles. The molecule has 1 amide bonds. The second kappa shape index (κ2) is 6.61. The summed E-state index contributed by atoms with van der Waals surface area (Å²) in [5.41, 5.74) is 0.313. The Hall–Kier alpha value is -2.91. The van der Waals surface area contributed by atoms with Gasteiger partial charge in [0.2, 0.25) is 0 Å². The molecule has 0 saturated heterocycles. The highest BCUT2D eigenvalue weighted by atomic mass is 19.3. The van der Waals surface area contributed by atoms with Crippen LogP contribution in [0.4, 0.5) is 8.78 Å². The Bertz CT molecular complexity index is 921. The highest BCUT2D eigenvalue weighted by Crippen LogP contribution is 2.54. The first-order valence-corrected chi connectivity index (χ1v) is 9.08. The maximum Gasteiger partial charge on any atom is 0.337 e. The highest BCUT2D eigenvalue weighted by Gasteiger charge is 2.57. The summed E-state index contributed by atoms with van der Waals surface area (Å²) in [6.07, 6.45) is 6.86. The Morgan fingerprint density at radius 3 is 2.71 bits per heavy atom. The first kappa shape index (κ1) is 18.5. The van der Waals surface area contributed by atoms with E-state index in [9.17, 15) is 18.4 Å². The van der Waals surface area contributed by atoms with Crippen molar-refractivity contribution in [1.82, 2.24) is 25.3 Å². The summed E-state index contributed by atoms with van der Waals surface area (Å²) in [5.74, 6) is -5.51. The molecule has 2 aliphatic carbocycles. The number of aromatic carboxylic acids is 1. The molecule has 0 radical (unpaired) electrons. The van der Waals surface area contributed by atoms with Gasteiger partial charge in [-0.1, -0.05) is 5.21 Å². The lowest BCUT2D eigenvalue weighted by Crippen LogP contribution is -2.48. The van der Waals surface area contributed by atoms with E-state index in [0.717, 1.165) is 25.7 Å². The van der Waals surface area contributed by atoms with Crippen LogP contribution in [0.2, 0.25) is 0 Å². The van der Waals surface area contributed by atoms with Crippen LogP contribution in [0.5, 0.6) is 0 Å². The molecule has 0 spiro atoms. The molecule has 4 rings (SSSR count). The van der Waals surface area contributed by atoms with Gasteiger partial charge in [0.15, 0.2) is 0 Å². The predicted octanol–water partition coefficient (Wildman–Crippen LogP) is 2.12. The lowest BCUT2D eigenvalue weighted by atomic mass is 10.1. The van der Waals surface area contributed by atoms with Crippen molar-refractivity contribution in [3.8, 4) is 11.3 Å². The molecule has 0 bridgehead atoms. The Labute approximate surface area is 159 Å². The van der Waals surface area contributed by atoms with Crippen LogP contribution in [0.25, 0.3) is 11.3 Å². The second-order valence-corrected chi connectivity index (χ2v) is 7.47. The monoisotopic (exact) mass is 391 g/mol. The molecule has 0 atom stereocenters. The van der Waals surface area contributed by atoms with Gasteiger partial charge in [-0.3, -0.25) is 14.5 Å². The van der Waals surface area contributed by atoms with Crippen LogP contribution in [0.3, 0.4) is 0 Å². The smallest absolute Gasteiger partial charge is 0.337 e. The van der Waals surface area contributed by atoms with Crippen molar-refractivity contribution in [2.45, 2.75) is 50.1 Å². The van der Waals surface area contributed by atoms with Crippen LogP contribution in [0.1, 0.15) is 42.5 Å². The number of aryl methyl sites for hydroxylation is 1. The third-order valence-corrected chi connectivity index (χ3v) is 5.32. The van der Waals surface area contributed by atoms with Gasteiger partial charge in [0.25, 0.3) is 5.91 Å². The van der Waals surface area contributed by atoms with Gasteiger partial charge in [-0.15, -0.1) is 5.10 Å². The van der Waals surface area contributed by atoms with E-state index in [1.807, 2.05) is 0 Å². The molecule has 0 unspecified atom stereocenters. The topological polar surface area (TPSA) is 110 Å². The summed E-state index contributed by atoms with van der Waals surface area (Å²) < 4.78 is 29.7. The van der Waals surface area contributed by atoms with E-state index in [1.165, 1.54) is 29.3 Å². The van der Waals surface area contributed by atoms with Crippen LogP contribution in [-0.4, -0.2) is 48.4 Å². The maximum atomic E-state index is 14.3. The minimum atomic E-state index is -3.50. The SMILES string of the molecule is O=C(O)c1cncc(-c2cn(CCC(F)(F)C(=O)NC3(C4CC4)CC3)nn2)c1. The number of carboxylic acids is 1. The zero-order valence-corrected chi connectivity index (χ0v) is 14.9. The number of carboxylic acid groups (broad SMARTS) is 1. The van der Waals surface area contributed by atoms with Gasteiger partial charge < -0.3 is 10.4 Å². The number of nitrogens with zero attached hydrogens (tertiary/aromatic N) is 4. The molecular weight excluding hydrogens is 372 g/mol. The zero-order valence-electron chi connectivity index (χ0n) is 14.9. The minimum absolute atomic E-state index is 0.0140. The van der Waals surface area contributed by atoms with Crippen molar-refractivity contribution in [3.05, 3.63) is 30.2 Å². The van der Waals surface area contributed by atoms with Crippen LogP contribution in [0, 0.1) is 5.92 Å². The molecule has 0 aliphatic heterocycles. The van der Waals surface area contributed by atoms with E-state index in [1.54, 1.807) is 0 Å². The normalized spacial score (nSPS) is 17.9. The van der Waals surface area contributed by atoms with E-state index < -0.39 is 29.8 Å². The molecule has 28 heavy (non-hydrogen) atoms. The van der Waals surface area contributed by atoms with Crippen LogP contribution in [0.15, 0.2) is 24.7 Å². The van der Waals surface area contributed by atoms with Gasteiger partial charge in [-0.25, -0.2) is 4.79 Å². The lowest BCUT2D eigenvalue weighted by molar-refractivity contribution is -0.148. The number of pyridine rings is 1. The Kier molecular flexibility index (Phi) is 4.35. The fourth-order valence-corrected chi connectivity index (χ4v) is 3.33. The molecule has 2 aliphatic rings. The number of amides is 1. The minimum Gasteiger partial charge on any atom is -0.478 e. The summed E-state index contributed by atoms with van der Waals surface area (Å²) in [6.45, 7) is -0.199. The number of hydrogen-bond acceptors (Lipinski definition) is 5. The summed E-state index contributed by atoms with van der Waals surface area (Å²) in [6, 6.07) is 1.37. The Balaban J connectivity index is 1.38. The molecule has 10 heteroatoms. The van der Waals surface area contributed by atoms with Gasteiger partial charge in [0, 0.05) is 36.5 Å². The molecular formula is C18H19F2N5O3. The fourth-order valence-electron chi connectivity index (χ4n) is 3.33. The second-order valence-electron chi connectivity index (χ2n) is 7.47. The van der Waals surface area contributed by atoms with Gasteiger partial charge in [-0.2, -0.15) is 8.78 Å². The summed E-state index contributed by atoms with van der Waals surface area (Å²) in [5, 5.41) is 19.2. The molecule has 8 nitrogen and oxygen atoms in total. The van der Waals surface area contributed by atoms with Crippen LogP contribution < -0.4 is 5.32 Å². The van der Waals surface area contributed by atoms with Crippen molar-refractivity contribution in [2.24, 2.45) is 5.92 Å². The Morgan fingerprint density at radius 1 is 1.32 bits per heavy atom. The number of hydrogen-bond donors (Lipinski definition) is 2. The average molecular weight is 391 g/mol. The average Bonchev–Trinajstić information content (AvgIpc) is 3.59. The molecule has 2 N–H and O–H groups in total. The van der Waals surface area contributed by atoms with Crippen LogP contribution >= 0.6 is 0 Å². The highest BCUT2D eigenvalue weighted by molar-refractivity contribution is 5.88. The first-order valence-electron chi connectivity index (χ1n) is 9.08. The molecule has 0 aromatic carbocycles. The van der Waals surface area contributed by atoms with E-state index in [2.05, 4.69) is 20.6 Å². The molecule has 2 heterocycles. The van der Waals surface area contributed by atoms with Crippen molar-refractivity contribution < 1.29 is 23.5 Å². The summed E-state index contributed by atoms with van der Waals surface area (Å²) >= 11 is 0. The van der Waals surface area contributed by atoms with Gasteiger partial charge in [-0.05, 0) is 37.7 Å². The number of halogens is 2. The molecule has 2 aromatic rings. The number of rotatable bonds is 8. The number of nitrogens with one attached hydrogen (secondary N) is 1. The van der Waals surface area contributed by atoms with Crippen molar-refractivity contribution >= 4 is 11.9 Å². The molecule has 148 valence electrons. The van der Waals surface area contributed by atoms with Gasteiger partial charge in [0.05, 0.1) is 11.8 Å². The van der Waals surface area contributed by atoms with Gasteiger partial charge >= 0.3 is 11.9 Å². The maximum absolute atomic E-state index is 14.3. The van der Waals surface area contributed by atoms with E-state index >= 15 is 0 Å². The van der Waals surface area contributed by atoms with E-state index in [0.29, 0.717) is 17.2 Å². The number of carbonyl (C=O) groups is 2. The summed E-state index contributed by atoms with van der Waals surface area (Å²) in [4.78, 5) is 26.9. The number of alkyl halides is 2. The van der Waals surface area contributed by atoms with Crippen molar-refractivity contribution in [2.75, 3.05) is 0 Å². The quantitative estimate of drug-likeness (QED) is 0.713. The Morgan fingerprint density at radius 2 is 2.07 bits per heavy atom. The predicted molar refractivity (Wildman–Crippen MR) is 92.6 cm³/mol. The zero-order chi connectivity index (χ0) is 19.9. The molecule has 2 fully saturated rings. The third-order valence-electron chi connectivity index (χ3n) is 5.32. The third kappa shape index (κ3) is 3.71. The van der Waals surface area contributed by atoms with Crippen molar-refractivity contribution in [1.29, 1.82) is 0 Å². The van der Waals surface area contributed by atoms with Crippen molar-refractivity contribution in [3.63, 3.8) is 0 Å². The first-order chi connectivity index (χ1) is 13.3. The summed E-state index contributed by atoms with van der Waals surface area (Å²) in [7, 11) is 0. The fraction of sp³-hybridized carbons (Fsp3) is 0.500. The van der Waals surface area contributed by atoms with E-state index in [-0.39, 0.29) is 12.1 Å². The molecule has 2 aromatic heterocycles. The van der Waals surface area contributed by atoms with E-state index in [4.69, 9.17) is 5.11 Å². The largest absolute Gasteiger partial charge is 0.478 e. The lowest BCUT2D eigenvalue weighted by Gasteiger charge is -2.21. The number of carbonyl (C=O) groups excluding carboxylic acids is 1. The number of aromatic nitrogens is 4. The van der Waals surface area contributed by atoms with Crippen LogP contribution in [-0.2, 0) is 11.3 Å². The standard InChI is InChI=1S/C18H19F2N5O3/c19-18(20,16(28)22-17(3-4-17)13-1-2-13)5-6-25-10-14(23-24-25)11-7-12(15(26)27)9-21-8-11/h7-10,13H,1-6H2,(H,22,28)(H,26,27). The van der Waals surface area contributed by atoms with Gasteiger partial charge in [0.1, 0.15) is 5.69 Å².